The molecular formula is C16H24FN3. The predicted octanol–water partition coefficient (Wildman–Crippen LogP) is 3.10. The molecule has 1 aromatic heterocycles. The van der Waals surface area contributed by atoms with Crippen LogP contribution in [0.15, 0.2) is 12.3 Å². The van der Waals surface area contributed by atoms with Gasteiger partial charge in [-0.1, -0.05) is 12.8 Å². The van der Waals surface area contributed by atoms with Crippen LogP contribution in [-0.2, 0) is 6.54 Å². The highest BCUT2D eigenvalue weighted by Crippen LogP contribution is 2.28. The molecule has 1 heterocycles. The summed E-state index contributed by atoms with van der Waals surface area (Å²) in [5, 5.41) is 3.46. The third kappa shape index (κ3) is 3.48. The van der Waals surface area contributed by atoms with E-state index in [0.717, 1.165) is 30.4 Å². The molecule has 1 N–H and O–H groups in total. The number of nitrogens with one attached hydrogen (secondary N) is 1. The van der Waals surface area contributed by atoms with Crippen LogP contribution in [0, 0.1) is 11.7 Å². The number of aromatic nitrogens is 1. The van der Waals surface area contributed by atoms with Crippen molar-refractivity contribution in [3.05, 3.63) is 23.6 Å². The molecule has 0 spiro atoms. The molecular weight excluding hydrogens is 253 g/mol. The van der Waals surface area contributed by atoms with Crippen molar-refractivity contribution in [3.63, 3.8) is 0 Å². The summed E-state index contributed by atoms with van der Waals surface area (Å²) in [5.74, 6) is 1.47. The fraction of sp³-hybridized carbons (Fsp3) is 0.688. The Hall–Kier alpha value is -1.16. The quantitative estimate of drug-likeness (QED) is 0.866. The molecule has 0 aliphatic heterocycles. The summed E-state index contributed by atoms with van der Waals surface area (Å²) >= 11 is 0. The topological polar surface area (TPSA) is 28.2 Å². The van der Waals surface area contributed by atoms with Crippen molar-refractivity contribution in [2.24, 2.45) is 5.92 Å². The van der Waals surface area contributed by atoms with Gasteiger partial charge in [0, 0.05) is 31.7 Å². The van der Waals surface area contributed by atoms with E-state index in [4.69, 9.17) is 0 Å². The predicted molar refractivity (Wildman–Crippen MR) is 79.3 cm³/mol. The lowest BCUT2D eigenvalue weighted by atomic mass is 10.1. The highest BCUT2D eigenvalue weighted by Gasteiger charge is 2.22. The van der Waals surface area contributed by atoms with E-state index in [9.17, 15) is 4.39 Å². The van der Waals surface area contributed by atoms with Gasteiger partial charge in [-0.15, -0.1) is 0 Å². The van der Waals surface area contributed by atoms with Gasteiger partial charge in [-0.05, 0) is 37.7 Å². The summed E-state index contributed by atoms with van der Waals surface area (Å²) in [4.78, 5) is 6.54. The zero-order chi connectivity index (χ0) is 13.9. The first-order chi connectivity index (χ1) is 9.72. The van der Waals surface area contributed by atoms with E-state index in [1.807, 2.05) is 0 Å². The molecule has 0 radical (unpaired) electrons. The summed E-state index contributed by atoms with van der Waals surface area (Å²) in [7, 11) is 2.08. The van der Waals surface area contributed by atoms with Crippen LogP contribution in [0.4, 0.5) is 10.2 Å². The minimum atomic E-state index is -0.240. The van der Waals surface area contributed by atoms with Crippen LogP contribution < -0.4 is 10.2 Å². The highest BCUT2D eigenvalue weighted by molar-refractivity contribution is 5.46. The van der Waals surface area contributed by atoms with Gasteiger partial charge in [0.1, 0.15) is 11.6 Å². The van der Waals surface area contributed by atoms with Crippen molar-refractivity contribution in [2.45, 2.75) is 51.1 Å². The van der Waals surface area contributed by atoms with Crippen LogP contribution in [0.1, 0.15) is 44.1 Å². The SMILES string of the molecule is CN(CC1CCCC1)c1ncc(F)cc1CNC1CC1. The van der Waals surface area contributed by atoms with Gasteiger partial charge in [0.2, 0.25) is 0 Å². The third-order valence-electron chi connectivity index (χ3n) is 4.44. The Bertz CT molecular complexity index is 453. The molecule has 0 aromatic carbocycles. The fourth-order valence-electron chi connectivity index (χ4n) is 3.16. The summed E-state index contributed by atoms with van der Waals surface area (Å²) in [6.07, 6.45) is 9.17. The molecule has 4 heteroatoms. The zero-order valence-corrected chi connectivity index (χ0v) is 12.2. The Labute approximate surface area is 120 Å². The zero-order valence-electron chi connectivity index (χ0n) is 12.2. The van der Waals surface area contributed by atoms with E-state index in [1.165, 1.54) is 44.7 Å². The molecule has 0 amide bonds. The van der Waals surface area contributed by atoms with Crippen molar-refractivity contribution in [2.75, 3.05) is 18.5 Å². The van der Waals surface area contributed by atoms with Crippen molar-refractivity contribution >= 4 is 5.82 Å². The summed E-state index contributed by atoms with van der Waals surface area (Å²) in [6.45, 7) is 1.76. The maximum atomic E-state index is 13.4. The van der Waals surface area contributed by atoms with Crippen molar-refractivity contribution in [3.8, 4) is 0 Å². The average Bonchev–Trinajstić information content (AvgIpc) is 3.13. The van der Waals surface area contributed by atoms with Crippen LogP contribution in [-0.4, -0.2) is 24.6 Å². The number of hydrogen-bond acceptors (Lipinski definition) is 3. The number of rotatable bonds is 6. The monoisotopic (exact) mass is 277 g/mol. The molecule has 3 nitrogen and oxygen atoms in total. The third-order valence-corrected chi connectivity index (χ3v) is 4.44. The van der Waals surface area contributed by atoms with Gasteiger partial charge in [-0.2, -0.15) is 0 Å². The Balaban J connectivity index is 1.68. The second-order valence-corrected chi connectivity index (χ2v) is 6.32. The minimum Gasteiger partial charge on any atom is -0.359 e. The summed E-state index contributed by atoms with van der Waals surface area (Å²) in [6, 6.07) is 2.26. The fourth-order valence-corrected chi connectivity index (χ4v) is 3.16. The molecule has 3 rings (SSSR count). The molecule has 0 bridgehead atoms. The lowest BCUT2D eigenvalue weighted by Crippen LogP contribution is -2.27. The molecule has 2 fully saturated rings. The Morgan fingerprint density at radius 2 is 2.05 bits per heavy atom. The highest BCUT2D eigenvalue weighted by atomic mass is 19.1. The Morgan fingerprint density at radius 1 is 1.30 bits per heavy atom. The van der Waals surface area contributed by atoms with Gasteiger partial charge in [0.25, 0.3) is 0 Å². The number of pyridine rings is 1. The summed E-state index contributed by atoms with van der Waals surface area (Å²) in [5.41, 5.74) is 0.984. The molecule has 2 aliphatic rings. The van der Waals surface area contributed by atoms with Gasteiger partial charge >= 0.3 is 0 Å². The van der Waals surface area contributed by atoms with Gasteiger partial charge in [-0.25, -0.2) is 9.37 Å². The molecule has 110 valence electrons. The molecule has 2 saturated carbocycles. The number of hydrogen-bond donors (Lipinski definition) is 1. The van der Waals surface area contributed by atoms with Gasteiger partial charge in [0.15, 0.2) is 0 Å². The molecule has 2 aliphatic carbocycles. The van der Waals surface area contributed by atoms with Crippen LogP contribution in [0.5, 0.6) is 0 Å². The van der Waals surface area contributed by atoms with E-state index < -0.39 is 0 Å². The maximum Gasteiger partial charge on any atom is 0.141 e. The largest absolute Gasteiger partial charge is 0.359 e. The molecule has 0 atom stereocenters. The van der Waals surface area contributed by atoms with E-state index >= 15 is 0 Å². The lowest BCUT2D eigenvalue weighted by Gasteiger charge is -2.24. The van der Waals surface area contributed by atoms with Crippen molar-refractivity contribution in [1.29, 1.82) is 0 Å². The maximum absolute atomic E-state index is 13.4. The van der Waals surface area contributed by atoms with Gasteiger partial charge < -0.3 is 10.2 Å². The lowest BCUT2D eigenvalue weighted by molar-refractivity contribution is 0.542. The second-order valence-electron chi connectivity index (χ2n) is 6.32. The Morgan fingerprint density at radius 3 is 2.75 bits per heavy atom. The first kappa shape index (κ1) is 13.8. The van der Waals surface area contributed by atoms with Gasteiger partial charge in [0.05, 0.1) is 6.20 Å². The van der Waals surface area contributed by atoms with Crippen LogP contribution in [0.2, 0.25) is 0 Å². The molecule has 1 aromatic rings. The van der Waals surface area contributed by atoms with E-state index in [0.29, 0.717) is 6.04 Å². The first-order valence-electron chi connectivity index (χ1n) is 7.81. The minimum absolute atomic E-state index is 0.240. The van der Waals surface area contributed by atoms with Crippen LogP contribution >= 0.6 is 0 Å². The molecule has 0 unspecified atom stereocenters. The van der Waals surface area contributed by atoms with Crippen LogP contribution in [0.3, 0.4) is 0 Å². The van der Waals surface area contributed by atoms with Crippen molar-refractivity contribution < 1.29 is 4.39 Å². The van der Waals surface area contributed by atoms with Gasteiger partial charge in [-0.3, -0.25) is 0 Å². The number of halogens is 1. The number of anilines is 1. The Kier molecular flexibility index (Phi) is 4.20. The van der Waals surface area contributed by atoms with E-state index in [-0.39, 0.29) is 5.82 Å². The summed E-state index contributed by atoms with van der Waals surface area (Å²) < 4.78 is 13.4. The normalized spacial score (nSPS) is 19.5. The average molecular weight is 277 g/mol. The standard InChI is InChI=1S/C16H24FN3/c1-20(11-12-4-2-3-5-12)16-13(8-14(17)10-19-16)9-18-15-6-7-15/h8,10,12,15,18H,2-7,9,11H2,1H3. The molecule has 0 saturated heterocycles. The smallest absolute Gasteiger partial charge is 0.141 e. The number of nitrogens with zero attached hydrogens (tertiary/aromatic N) is 2. The van der Waals surface area contributed by atoms with Crippen molar-refractivity contribution in [1.82, 2.24) is 10.3 Å². The van der Waals surface area contributed by atoms with E-state index in [2.05, 4.69) is 22.2 Å². The van der Waals surface area contributed by atoms with Crippen LogP contribution in [0.25, 0.3) is 0 Å². The van der Waals surface area contributed by atoms with E-state index in [1.54, 1.807) is 6.07 Å². The molecule has 20 heavy (non-hydrogen) atoms. The second kappa shape index (κ2) is 6.08. The first-order valence-corrected chi connectivity index (χ1v) is 7.81.